The van der Waals surface area contributed by atoms with Crippen molar-refractivity contribution in [2.24, 2.45) is 0 Å². The van der Waals surface area contributed by atoms with Gasteiger partial charge in [-0.05, 0) is 57.1 Å². The number of nitrogens with one attached hydrogen (secondary N) is 1. The number of aromatic nitrogens is 2. The summed E-state index contributed by atoms with van der Waals surface area (Å²) in [6, 6.07) is 2.48. The molecule has 148 valence electrons. The molecule has 7 heteroatoms. The summed E-state index contributed by atoms with van der Waals surface area (Å²) in [7, 11) is 0. The van der Waals surface area contributed by atoms with Crippen LogP contribution in [-0.4, -0.2) is 41.6 Å². The third kappa shape index (κ3) is 3.10. The predicted octanol–water partition coefficient (Wildman–Crippen LogP) is 3.20. The maximum atomic E-state index is 12.6. The Bertz CT molecular complexity index is 884. The van der Waals surface area contributed by atoms with Gasteiger partial charge in [0.05, 0.1) is 17.2 Å². The largest absolute Gasteiger partial charge is 0.369 e. The van der Waals surface area contributed by atoms with E-state index in [0.717, 1.165) is 68.2 Å². The molecular formula is C21H26N4O2S. The summed E-state index contributed by atoms with van der Waals surface area (Å²) in [5.74, 6) is 1.06. The molecule has 0 bridgehead atoms. The van der Waals surface area contributed by atoms with Gasteiger partial charge in [-0.3, -0.25) is 9.78 Å². The Morgan fingerprint density at radius 2 is 2.07 bits per heavy atom. The van der Waals surface area contributed by atoms with Crippen LogP contribution in [0.5, 0.6) is 0 Å². The van der Waals surface area contributed by atoms with Gasteiger partial charge in [-0.25, -0.2) is 4.98 Å². The number of aryl methyl sites for hydroxylation is 1. The highest BCUT2D eigenvalue weighted by Gasteiger charge is 2.43. The lowest BCUT2D eigenvalue weighted by molar-refractivity contribution is -0.0735. The van der Waals surface area contributed by atoms with Gasteiger partial charge in [0.2, 0.25) is 0 Å². The number of ether oxygens (including phenoxy) is 1. The van der Waals surface area contributed by atoms with E-state index in [9.17, 15) is 4.79 Å². The molecule has 3 aliphatic rings. The van der Waals surface area contributed by atoms with E-state index in [2.05, 4.69) is 26.3 Å². The van der Waals surface area contributed by atoms with Gasteiger partial charge in [-0.15, -0.1) is 11.3 Å². The van der Waals surface area contributed by atoms with Gasteiger partial charge in [0.1, 0.15) is 11.4 Å². The van der Waals surface area contributed by atoms with Crippen molar-refractivity contribution in [3.05, 3.63) is 39.5 Å². The number of rotatable bonds is 3. The summed E-state index contributed by atoms with van der Waals surface area (Å²) in [5.41, 5.74) is 2.02. The molecule has 4 heterocycles. The summed E-state index contributed by atoms with van der Waals surface area (Å²) in [4.78, 5) is 26.0. The maximum absolute atomic E-state index is 12.6. The van der Waals surface area contributed by atoms with Gasteiger partial charge >= 0.3 is 0 Å². The van der Waals surface area contributed by atoms with Crippen LogP contribution in [0, 0.1) is 6.92 Å². The van der Waals surface area contributed by atoms with Crippen LogP contribution in [0.25, 0.3) is 0 Å². The SMILES string of the molecule is Cc1nccnc1N1CCC2(CC1)OCCc1cc(C(=O)NC3CCC3)sc12. The van der Waals surface area contributed by atoms with Crippen molar-refractivity contribution in [3.8, 4) is 0 Å². The summed E-state index contributed by atoms with van der Waals surface area (Å²) < 4.78 is 6.37. The van der Waals surface area contributed by atoms with E-state index in [4.69, 9.17) is 4.74 Å². The molecule has 0 aromatic carbocycles. The molecule has 1 aliphatic carbocycles. The minimum atomic E-state index is -0.250. The van der Waals surface area contributed by atoms with E-state index >= 15 is 0 Å². The average Bonchev–Trinajstić information content (AvgIpc) is 3.12. The second-order valence-electron chi connectivity index (χ2n) is 8.11. The number of carbonyl (C=O) groups excluding carboxylic acids is 1. The predicted molar refractivity (Wildman–Crippen MR) is 109 cm³/mol. The van der Waals surface area contributed by atoms with Gasteiger partial charge in [-0.2, -0.15) is 0 Å². The summed E-state index contributed by atoms with van der Waals surface area (Å²) in [6.07, 6.45) is 9.68. The Balaban J connectivity index is 1.35. The molecular weight excluding hydrogens is 372 g/mol. The van der Waals surface area contributed by atoms with E-state index in [-0.39, 0.29) is 11.5 Å². The minimum Gasteiger partial charge on any atom is -0.369 e. The maximum Gasteiger partial charge on any atom is 0.261 e. The van der Waals surface area contributed by atoms with E-state index in [1.54, 1.807) is 23.7 Å². The van der Waals surface area contributed by atoms with Gasteiger partial charge < -0.3 is 15.0 Å². The Morgan fingerprint density at radius 3 is 2.79 bits per heavy atom. The number of nitrogens with zero attached hydrogens (tertiary/aromatic N) is 3. The highest BCUT2D eigenvalue weighted by Crippen LogP contribution is 2.46. The molecule has 2 aromatic heterocycles. The van der Waals surface area contributed by atoms with Crippen LogP contribution in [0.15, 0.2) is 18.5 Å². The Labute approximate surface area is 169 Å². The number of piperidine rings is 1. The van der Waals surface area contributed by atoms with Crippen molar-refractivity contribution in [2.75, 3.05) is 24.6 Å². The van der Waals surface area contributed by atoms with E-state index in [1.807, 2.05) is 6.92 Å². The molecule has 0 atom stereocenters. The Morgan fingerprint density at radius 1 is 1.29 bits per heavy atom. The van der Waals surface area contributed by atoms with Crippen LogP contribution in [0.1, 0.15) is 57.9 Å². The van der Waals surface area contributed by atoms with Crippen molar-refractivity contribution >= 4 is 23.1 Å². The quantitative estimate of drug-likeness (QED) is 0.860. The molecule has 2 aromatic rings. The van der Waals surface area contributed by atoms with Crippen molar-refractivity contribution in [3.63, 3.8) is 0 Å². The fourth-order valence-corrected chi connectivity index (χ4v) is 5.82. The lowest BCUT2D eigenvalue weighted by Gasteiger charge is -2.44. The molecule has 1 saturated heterocycles. The zero-order valence-corrected chi connectivity index (χ0v) is 17.1. The Hall–Kier alpha value is -1.99. The molecule has 2 aliphatic heterocycles. The van der Waals surface area contributed by atoms with Crippen molar-refractivity contribution in [1.82, 2.24) is 15.3 Å². The lowest BCUT2D eigenvalue weighted by Crippen LogP contribution is -2.46. The molecule has 1 saturated carbocycles. The fourth-order valence-electron chi connectivity index (χ4n) is 4.50. The van der Waals surface area contributed by atoms with Gasteiger partial charge in [-0.1, -0.05) is 0 Å². The molecule has 1 N–H and O–H groups in total. The number of fused-ring (bicyclic) bond motifs is 2. The van der Waals surface area contributed by atoms with Crippen molar-refractivity contribution in [1.29, 1.82) is 0 Å². The molecule has 1 amide bonds. The zero-order valence-electron chi connectivity index (χ0n) is 16.2. The summed E-state index contributed by atoms with van der Waals surface area (Å²) in [6.45, 7) is 4.52. The molecule has 0 unspecified atom stereocenters. The molecule has 6 nitrogen and oxygen atoms in total. The highest BCUT2D eigenvalue weighted by molar-refractivity contribution is 7.14. The number of carbonyl (C=O) groups is 1. The molecule has 28 heavy (non-hydrogen) atoms. The van der Waals surface area contributed by atoms with Crippen molar-refractivity contribution < 1.29 is 9.53 Å². The molecule has 1 spiro atoms. The second kappa shape index (κ2) is 7.12. The second-order valence-corrected chi connectivity index (χ2v) is 9.16. The smallest absolute Gasteiger partial charge is 0.261 e. The van der Waals surface area contributed by atoms with Gasteiger partial charge in [0, 0.05) is 36.4 Å². The van der Waals surface area contributed by atoms with Crippen LogP contribution in [0.2, 0.25) is 0 Å². The van der Waals surface area contributed by atoms with Crippen LogP contribution < -0.4 is 10.2 Å². The third-order valence-electron chi connectivity index (χ3n) is 6.36. The van der Waals surface area contributed by atoms with E-state index < -0.39 is 0 Å². The standard InChI is InChI=1S/C21H26N4O2S/c1-14-19(23-9-8-22-14)25-10-6-21(7-11-25)18-15(5-12-27-21)13-17(28-18)20(26)24-16-3-2-4-16/h8-9,13,16H,2-7,10-12H2,1H3,(H,24,26). The van der Waals surface area contributed by atoms with Gasteiger partial charge in [0.25, 0.3) is 5.91 Å². The van der Waals surface area contributed by atoms with Crippen LogP contribution in [0.3, 0.4) is 0 Å². The van der Waals surface area contributed by atoms with Crippen LogP contribution >= 0.6 is 11.3 Å². The first-order valence-corrected chi connectivity index (χ1v) is 11.1. The minimum absolute atomic E-state index is 0.0897. The monoisotopic (exact) mass is 398 g/mol. The number of amides is 1. The number of hydrogen-bond donors (Lipinski definition) is 1. The number of anilines is 1. The molecule has 5 rings (SSSR count). The van der Waals surface area contributed by atoms with Crippen molar-refractivity contribution in [2.45, 2.75) is 57.1 Å². The van der Waals surface area contributed by atoms with Gasteiger partial charge in [0.15, 0.2) is 0 Å². The fraction of sp³-hybridized carbons (Fsp3) is 0.571. The van der Waals surface area contributed by atoms with E-state index in [0.29, 0.717) is 6.04 Å². The third-order valence-corrected chi connectivity index (χ3v) is 7.72. The number of thiophene rings is 1. The highest BCUT2D eigenvalue weighted by atomic mass is 32.1. The normalized spacial score (nSPS) is 21.2. The topological polar surface area (TPSA) is 67.3 Å². The summed E-state index contributed by atoms with van der Waals surface area (Å²) in [5, 5.41) is 3.18. The van der Waals surface area contributed by atoms with Crippen LogP contribution in [-0.2, 0) is 16.8 Å². The van der Waals surface area contributed by atoms with Crippen LogP contribution in [0.4, 0.5) is 5.82 Å². The average molecular weight is 399 g/mol. The Kier molecular flexibility index (Phi) is 4.59. The zero-order chi connectivity index (χ0) is 19.1. The first-order chi connectivity index (χ1) is 13.6. The lowest BCUT2D eigenvalue weighted by atomic mass is 9.85. The first-order valence-electron chi connectivity index (χ1n) is 10.3. The first kappa shape index (κ1) is 18.1. The molecule has 2 fully saturated rings. The summed E-state index contributed by atoms with van der Waals surface area (Å²) >= 11 is 1.64. The van der Waals surface area contributed by atoms with E-state index in [1.165, 1.54) is 16.9 Å². The molecule has 0 radical (unpaired) electrons. The number of hydrogen-bond acceptors (Lipinski definition) is 6.